The first-order valence-electron chi connectivity index (χ1n) is 11.4. The van der Waals surface area contributed by atoms with E-state index in [2.05, 4.69) is 30.1 Å². The zero-order valence-electron chi connectivity index (χ0n) is 19.2. The summed E-state index contributed by atoms with van der Waals surface area (Å²) in [6.45, 7) is 2.86. The van der Waals surface area contributed by atoms with Crippen LogP contribution >= 0.6 is 0 Å². The number of nitrogens with zero attached hydrogens (tertiary/aromatic N) is 1. The molecule has 1 aromatic heterocycles. The molecule has 1 N–H and O–H groups in total. The van der Waals surface area contributed by atoms with Crippen molar-refractivity contribution in [3.8, 4) is 22.8 Å². The van der Waals surface area contributed by atoms with E-state index in [-0.39, 0.29) is 11.9 Å². The second-order valence-corrected chi connectivity index (χ2v) is 8.37. The zero-order chi connectivity index (χ0) is 22.9. The standard InChI is InChI=1S/C28H28N2O3/c1-4-5-16-30-27(19-10-6-7-11-20(19)28(30)31)25-21-12-8-9-13-23(21)29-26(25)22-17-18(32-2)14-15-24(22)33-3/h6-15,17,27,29H,4-5,16H2,1-3H3. The highest BCUT2D eigenvalue weighted by molar-refractivity contribution is 6.02. The molecule has 0 spiro atoms. The maximum absolute atomic E-state index is 13.5. The quantitative estimate of drug-likeness (QED) is 0.372. The number of fused-ring (bicyclic) bond motifs is 2. The molecule has 4 aromatic rings. The summed E-state index contributed by atoms with van der Waals surface area (Å²) in [6.07, 6.45) is 1.98. The number of hydrogen-bond acceptors (Lipinski definition) is 3. The Morgan fingerprint density at radius 2 is 1.73 bits per heavy atom. The maximum Gasteiger partial charge on any atom is 0.255 e. The highest BCUT2D eigenvalue weighted by atomic mass is 16.5. The highest BCUT2D eigenvalue weighted by Gasteiger charge is 2.40. The van der Waals surface area contributed by atoms with Crippen molar-refractivity contribution >= 4 is 16.8 Å². The van der Waals surface area contributed by atoms with Crippen molar-refractivity contribution in [2.75, 3.05) is 20.8 Å². The minimum absolute atomic E-state index is 0.0953. The van der Waals surface area contributed by atoms with E-state index in [1.807, 2.05) is 53.4 Å². The third kappa shape index (κ3) is 3.44. The van der Waals surface area contributed by atoms with Crippen molar-refractivity contribution in [1.82, 2.24) is 9.88 Å². The average molecular weight is 441 g/mol. The van der Waals surface area contributed by atoms with E-state index in [9.17, 15) is 4.79 Å². The van der Waals surface area contributed by atoms with Gasteiger partial charge < -0.3 is 19.4 Å². The zero-order valence-corrected chi connectivity index (χ0v) is 19.2. The Labute approximate surface area is 193 Å². The summed E-state index contributed by atoms with van der Waals surface area (Å²) in [6, 6.07) is 21.9. The van der Waals surface area contributed by atoms with Gasteiger partial charge in [0, 0.05) is 34.1 Å². The molecule has 2 heterocycles. The van der Waals surface area contributed by atoms with E-state index in [1.54, 1.807) is 14.2 Å². The summed E-state index contributed by atoms with van der Waals surface area (Å²) in [5.41, 5.74) is 5.81. The fraction of sp³-hybridized carbons (Fsp3) is 0.250. The highest BCUT2D eigenvalue weighted by Crippen LogP contribution is 2.47. The third-order valence-corrected chi connectivity index (χ3v) is 6.51. The van der Waals surface area contributed by atoms with Gasteiger partial charge in [0.1, 0.15) is 11.5 Å². The van der Waals surface area contributed by atoms with Gasteiger partial charge in [0.25, 0.3) is 5.91 Å². The van der Waals surface area contributed by atoms with Crippen LogP contribution in [0.2, 0.25) is 0 Å². The fourth-order valence-electron chi connectivity index (χ4n) is 4.91. The topological polar surface area (TPSA) is 54.6 Å². The van der Waals surface area contributed by atoms with Crippen LogP contribution in [0.1, 0.15) is 47.3 Å². The third-order valence-electron chi connectivity index (χ3n) is 6.51. The predicted molar refractivity (Wildman–Crippen MR) is 131 cm³/mol. The SMILES string of the molecule is CCCCN1C(=O)c2ccccc2C1c1c(-c2cc(OC)ccc2OC)[nH]c2ccccc12. The molecule has 0 saturated heterocycles. The lowest BCUT2D eigenvalue weighted by Gasteiger charge is -2.27. The number of methoxy groups -OCH3 is 2. The summed E-state index contributed by atoms with van der Waals surface area (Å²) in [7, 11) is 3.34. The van der Waals surface area contributed by atoms with Gasteiger partial charge in [-0.3, -0.25) is 4.79 Å². The molecule has 0 saturated carbocycles. The molecular formula is C28H28N2O3. The molecule has 1 amide bonds. The van der Waals surface area contributed by atoms with Crippen LogP contribution in [0.25, 0.3) is 22.2 Å². The molecule has 168 valence electrons. The van der Waals surface area contributed by atoms with Gasteiger partial charge >= 0.3 is 0 Å². The number of rotatable bonds is 7. The Hall–Kier alpha value is -3.73. The minimum Gasteiger partial charge on any atom is -0.497 e. The normalized spacial score (nSPS) is 15.2. The Balaban J connectivity index is 1.81. The number of carbonyl (C=O) groups excluding carboxylic acids is 1. The Kier molecular flexibility index (Phi) is 5.55. The van der Waals surface area contributed by atoms with Crippen LogP contribution in [0.15, 0.2) is 66.7 Å². The van der Waals surface area contributed by atoms with Crippen LogP contribution in [0.5, 0.6) is 11.5 Å². The number of ether oxygens (including phenoxy) is 2. The number of benzene rings is 3. The van der Waals surface area contributed by atoms with Gasteiger partial charge in [-0.25, -0.2) is 0 Å². The maximum atomic E-state index is 13.5. The Morgan fingerprint density at radius 1 is 0.939 bits per heavy atom. The van der Waals surface area contributed by atoms with E-state index in [0.29, 0.717) is 6.54 Å². The first kappa shape index (κ1) is 21.1. The summed E-state index contributed by atoms with van der Waals surface area (Å²) in [5, 5.41) is 1.10. The molecule has 0 aliphatic carbocycles. The minimum atomic E-state index is -0.178. The summed E-state index contributed by atoms with van der Waals surface area (Å²) >= 11 is 0. The summed E-state index contributed by atoms with van der Waals surface area (Å²) in [4.78, 5) is 19.1. The van der Waals surface area contributed by atoms with Crippen LogP contribution in [0.4, 0.5) is 0 Å². The lowest BCUT2D eigenvalue weighted by Crippen LogP contribution is -2.30. The van der Waals surface area contributed by atoms with Crippen LogP contribution in [-0.4, -0.2) is 36.6 Å². The smallest absolute Gasteiger partial charge is 0.255 e. The van der Waals surface area contributed by atoms with Crippen molar-refractivity contribution in [3.05, 3.63) is 83.4 Å². The van der Waals surface area contributed by atoms with E-state index in [4.69, 9.17) is 9.47 Å². The molecule has 33 heavy (non-hydrogen) atoms. The van der Waals surface area contributed by atoms with E-state index < -0.39 is 0 Å². The molecule has 1 aliphatic heterocycles. The van der Waals surface area contributed by atoms with Crippen LogP contribution in [-0.2, 0) is 0 Å². The van der Waals surface area contributed by atoms with Crippen molar-refractivity contribution in [1.29, 1.82) is 0 Å². The molecule has 5 rings (SSSR count). The van der Waals surface area contributed by atoms with Gasteiger partial charge in [0.2, 0.25) is 0 Å². The molecule has 0 fully saturated rings. The monoisotopic (exact) mass is 440 g/mol. The number of hydrogen-bond donors (Lipinski definition) is 1. The summed E-state index contributed by atoms with van der Waals surface area (Å²) in [5.74, 6) is 1.60. The molecule has 0 radical (unpaired) electrons. The van der Waals surface area contributed by atoms with Crippen molar-refractivity contribution in [3.63, 3.8) is 0 Å². The lowest BCUT2D eigenvalue weighted by molar-refractivity contribution is 0.0748. The average Bonchev–Trinajstić information content (AvgIpc) is 3.37. The number of aromatic amines is 1. The van der Waals surface area contributed by atoms with E-state index in [1.165, 1.54) is 0 Å². The Morgan fingerprint density at radius 3 is 2.52 bits per heavy atom. The van der Waals surface area contributed by atoms with Gasteiger partial charge in [-0.15, -0.1) is 0 Å². The van der Waals surface area contributed by atoms with Crippen molar-refractivity contribution in [2.24, 2.45) is 0 Å². The number of para-hydroxylation sites is 1. The first-order chi connectivity index (χ1) is 16.2. The van der Waals surface area contributed by atoms with Crippen LogP contribution in [0, 0.1) is 0 Å². The number of carbonyl (C=O) groups is 1. The molecule has 3 aromatic carbocycles. The van der Waals surface area contributed by atoms with E-state index in [0.717, 1.165) is 63.2 Å². The van der Waals surface area contributed by atoms with Gasteiger partial charge in [-0.1, -0.05) is 49.7 Å². The van der Waals surface area contributed by atoms with Crippen LogP contribution < -0.4 is 9.47 Å². The predicted octanol–water partition coefficient (Wildman–Crippen LogP) is 6.20. The number of unbranched alkanes of at least 4 members (excludes halogenated alkanes) is 1. The Bertz CT molecular complexity index is 1320. The molecule has 1 atom stereocenters. The lowest BCUT2D eigenvalue weighted by atomic mass is 9.92. The molecule has 1 aliphatic rings. The van der Waals surface area contributed by atoms with Crippen molar-refractivity contribution < 1.29 is 14.3 Å². The first-order valence-corrected chi connectivity index (χ1v) is 11.4. The fourth-order valence-corrected chi connectivity index (χ4v) is 4.91. The molecular weight excluding hydrogens is 412 g/mol. The molecule has 0 bridgehead atoms. The van der Waals surface area contributed by atoms with Crippen molar-refractivity contribution in [2.45, 2.75) is 25.8 Å². The van der Waals surface area contributed by atoms with Gasteiger partial charge in [0.15, 0.2) is 0 Å². The number of amides is 1. The van der Waals surface area contributed by atoms with Gasteiger partial charge in [-0.2, -0.15) is 0 Å². The van der Waals surface area contributed by atoms with Gasteiger partial charge in [0.05, 0.1) is 26.0 Å². The molecule has 5 heteroatoms. The molecule has 1 unspecified atom stereocenters. The second-order valence-electron chi connectivity index (χ2n) is 8.37. The van der Waals surface area contributed by atoms with Gasteiger partial charge in [-0.05, 0) is 42.3 Å². The molecule has 5 nitrogen and oxygen atoms in total. The number of H-pyrrole nitrogens is 1. The van der Waals surface area contributed by atoms with Crippen LogP contribution in [0.3, 0.4) is 0 Å². The summed E-state index contributed by atoms with van der Waals surface area (Å²) < 4.78 is 11.3. The van der Waals surface area contributed by atoms with E-state index >= 15 is 0 Å². The number of aromatic nitrogens is 1. The second kappa shape index (κ2) is 8.66. The number of nitrogens with one attached hydrogen (secondary N) is 1. The largest absolute Gasteiger partial charge is 0.497 e.